The number of pyridine rings is 1. The molecule has 0 spiro atoms. The molecule has 0 radical (unpaired) electrons. The second-order valence-corrected chi connectivity index (χ2v) is 13.7. The van der Waals surface area contributed by atoms with E-state index < -0.39 is 33.8 Å². The largest absolute Gasteiger partial charge is 0.481 e. The van der Waals surface area contributed by atoms with E-state index in [4.69, 9.17) is 4.98 Å². The van der Waals surface area contributed by atoms with Crippen molar-refractivity contribution in [1.82, 2.24) is 23.6 Å². The molecule has 12 nitrogen and oxygen atoms in total. The molecule has 0 saturated heterocycles. The van der Waals surface area contributed by atoms with Gasteiger partial charge in [-0.15, -0.1) is 5.10 Å². The summed E-state index contributed by atoms with van der Waals surface area (Å²) < 4.78 is 44.6. The number of hydrogen-bond donors (Lipinski definition) is 3. The van der Waals surface area contributed by atoms with Gasteiger partial charge in [0.2, 0.25) is 5.91 Å². The fraction of sp³-hybridized carbons (Fsp3) is 0.323. The van der Waals surface area contributed by atoms with Gasteiger partial charge in [0.15, 0.2) is 17.3 Å². The second kappa shape index (κ2) is 10.6. The van der Waals surface area contributed by atoms with Crippen LogP contribution in [0.2, 0.25) is 0 Å². The molecule has 232 valence electrons. The smallest absolute Gasteiger partial charge is 0.308 e. The maximum atomic E-state index is 14.6. The van der Waals surface area contributed by atoms with Gasteiger partial charge in [0.05, 0.1) is 28.9 Å². The number of carbonyl (C=O) groups is 2. The van der Waals surface area contributed by atoms with Gasteiger partial charge >= 0.3 is 5.97 Å². The van der Waals surface area contributed by atoms with Gasteiger partial charge in [0.25, 0.3) is 10.0 Å². The third-order valence-electron chi connectivity index (χ3n) is 8.99. The number of aryl methyl sites for hydroxylation is 1. The minimum absolute atomic E-state index is 0.00726. The highest BCUT2D eigenvalue weighted by molar-refractivity contribution is 7.90. The first-order chi connectivity index (χ1) is 21.5. The van der Waals surface area contributed by atoms with E-state index in [1.54, 1.807) is 24.4 Å². The van der Waals surface area contributed by atoms with Crippen LogP contribution in [0.4, 0.5) is 15.9 Å². The number of nitrogens with one attached hydrogen (secondary N) is 2. The van der Waals surface area contributed by atoms with Crippen molar-refractivity contribution in [2.75, 3.05) is 10.6 Å². The number of hydrogen-bond acceptors (Lipinski definition) is 8. The van der Waals surface area contributed by atoms with E-state index in [0.29, 0.717) is 17.0 Å². The molecule has 3 saturated carbocycles. The quantitative estimate of drug-likeness (QED) is 0.231. The van der Waals surface area contributed by atoms with Crippen molar-refractivity contribution in [2.24, 2.45) is 17.8 Å². The zero-order valence-corrected chi connectivity index (χ0v) is 25.3. The Bertz CT molecular complexity index is 2100. The highest BCUT2D eigenvalue weighted by atomic mass is 32.2. The molecule has 2 atom stereocenters. The second-order valence-electron chi connectivity index (χ2n) is 11.9. The summed E-state index contributed by atoms with van der Waals surface area (Å²) >= 11 is 0. The lowest BCUT2D eigenvalue weighted by Gasteiger charge is -2.47. The Morgan fingerprint density at radius 2 is 1.76 bits per heavy atom. The Labute approximate surface area is 257 Å². The first-order valence-electron chi connectivity index (χ1n) is 14.7. The molecule has 3 fully saturated rings. The van der Waals surface area contributed by atoms with Crippen LogP contribution in [-0.2, 0) is 19.6 Å². The number of nitrogens with zero attached hydrogens (tertiary/aromatic N) is 5. The summed E-state index contributed by atoms with van der Waals surface area (Å²) in [6, 6.07) is 8.80. The van der Waals surface area contributed by atoms with E-state index in [1.165, 1.54) is 35.8 Å². The molecule has 5 aromatic rings. The third kappa shape index (κ3) is 4.98. The average Bonchev–Trinajstić information content (AvgIpc) is 3.58. The fourth-order valence-corrected chi connectivity index (χ4v) is 8.22. The standard InChI is InChI=1S/C31H30FN7O5S/c1-16-3-9-22(10-4-16)45(43,44)39-15-24(23-11-20(32)13-33-30(23)39)28-36-29(25-12-21(34-17(2)40)14-38(25)37-28)35-27-19-7-5-18(6-8-19)26(27)31(41)42/h3-4,9-15,18-19,26-27H,5-8H2,1-2H3,(H,34,40)(H,41,42)(H,35,36,37)/t18?,19?,26-,27-/m0/s1. The molecule has 4 heterocycles. The molecule has 3 aliphatic rings. The lowest BCUT2D eigenvalue weighted by molar-refractivity contribution is -0.148. The van der Waals surface area contributed by atoms with Crippen LogP contribution >= 0.6 is 0 Å². The number of halogens is 1. The van der Waals surface area contributed by atoms with Gasteiger partial charge in [-0.25, -0.2) is 31.3 Å². The van der Waals surface area contributed by atoms with E-state index in [0.717, 1.165) is 41.4 Å². The summed E-state index contributed by atoms with van der Waals surface area (Å²) in [5.41, 5.74) is 2.00. The first-order valence-corrected chi connectivity index (χ1v) is 16.1. The molecule has 4 aromatic heterocycles. The van der Waals surface area contributed by atoms with Gasteiger partial charge in [-0.05, 0) is 68.7 Å². The van der Waals surface area contributed by atoms with Crippen LogP contribution in [-0.4, -0.2) is 55.0 Å². The minimum atomic E-state index is -4.15. The lowest BCUT2D eigenvalue weighted by atomic mass is 9.61. The molecular formula is C31H30FN7O5S. The van der Waals surface area contributed by atoms with E-state index >= 15 is 0 Å². The fourth-order valence-electron chi connectivity index (χ4n) is 6.90. The van der Waals surface area contributed by atoms with Gasteiger partial charge in [-0.2, -0.15) is 0 Å². The number of amides is 1. The zero-order chi connectivity index (χ0) is 31.6. The zero-order valence-electron chi connectivity index (χ0n) is 24.4. The minimum Gasteiger partial charge on any atom is -0.481 e. The van der Waals surface area contributed by atoms with Crippen LogP contribution in [0, 0.1) is 30.5 Å². The van der Waals surface area contributed by atoms with Gasteiger partial charge < -0.3 is 15.7 Å². The number of aliphatic carboxylic acids is 1. The topological polar surface area (TPSA) is 161 Å². The summed E-state index contributed by atoms with van der Waals surface area (Å²) in [6.07, 6.45) is 7.35. The van der Waals surface area contributed by atoms with Gasteiger partial charge in [-0.3, -0.25) is 9.59 Å². The number of anilines is 2. The van der Waals surface area contributed by atoms with Crippen molar-refractivity contribution in [1.29, 1.82) is 0 Å². The number of carboxylic acids is 1. The number of rotatable bonds is 7. The maximum absolute atomic E-state index is 14.6. The summed E-state index contributed by atoms with van der Waals surface area (Å²) in [5, 5.41) is 21.1. The molecule has 1 aromatic carbocycles. The predicted molar refractivity (Wildman–Crippen MR) is 164 cm³/mol. The van der Waals surface area contributed by atoms with Crippen molar-refractivity contribution in [3.8, 4) is 11.4 Å². The Kier molecular flexibility index (Phi) is 6.84. The first kappa shape index (κ1) is 28.9. The van der Waals surface area contributed by atoms with Gasteiger partial charge in [-0.1, -0.05) is 17.7 Å². The molecule has 8 rings (SSSR count). The summed E-state index contributed by atoms with van der Waals surface area (Å²) in [6.45, 7) is 3.22. The van der Waals surface area contributed by atoms with Crippen LogP contribution in [0.25, 0.3) is 27.9 Å². The van der Waals surface area contributed by atoms with Crippen molar-refractivity contribution in [2.45, 2.75) is 50.5 Å². The van der Waals surface area contributed by atoms with Gasteiger partial charge in [0, 0.05) is 30.1 Å². The Balaban J connectivity index is 1.41. The average molecular weight is 632 g/mol. The molecule has 0 aliphatic heterocycles. The van der Waals surface area contributed by atoms with Crippen LogP contribution < -0.4 is 10.6 Å². The molecule has 0 unspecified atom stereocenters. The van der Waals surface area contributed by atoms with E-state index in [1.807, 2.05) is 6.92 Å². The van der Waals surface area contributed by atoms with Crippen molar-refractivity contribution < 1.29 is 27.5 Å². The van der Waals surface area contributed by atoms with Crippen molar-refractivity contribution >= 4 is 50.0 Å². The maximum Gasteiger partial charge on any atom is 0.308 e. The normalized spacial score (nSPS) is 21.3. The van der Waals surface area contributed by atoms with E-state index in [2.05, 4.69) is 20.7 Å². The summed E-state index contributed by atoms with van der Waals surface area (Å²) in [7, 11) is -4.15. The number of fused-ring (bicyclic) bond motifs is 5. The van der Waals surface area contributed by atoms with Gasteiger partial charge in [0.1, 0.15) is 11.3 Å². The third-order valence-corrected chi connectivity index (χ3v) is 10.7. The number of carboxylic acid groups (broad SMARTS) is 1. The number of carbonyl (C=O) groups excluding carboxylic acids is 1. The number of aromatic nitrogens is 5. The molecule has 3 N–H and O–H groups in total. The molecular weight excluding hydrogens is 601 g/mol. The molecule has 14 heteroatoms. The van der Waals surface area contributed by atoms with Crippen LogP contribution in [0.3, 0.4) is 0 Å². The predicted octanol–water partition coefficient (Wildman–Crippen LogP) is 4.69. The highest BCUT2D eigenvalue weighted by Crippen LogP contribution is 2.46. The SMILES string of the molecule is CC(=O)Nc1cc2c(N[C@H]3C4CCC(CC4)[C@@H]3C(=O)O)nc(-c3cn(S(=O)(=O)c4ccc(C)cc4)c4ncc(F)cc34)nn2c1. The van der Waals surface area contributed by atoms with Crippen LogP contribution in [0.5, 0.6) is 0 Å². The monoisotopic (exact) mass is 631 g/mol. The molecule has 2 bridgehead atoms. The Hall–Kier alpha value is -4.85. The van der Waals surface area contributed by atoms with E-state index in [-0.39, 0.29) is 45.1 Å². The summed E-state index contributed by atoms with van der Waals surface area (Å²) in [4.78, 5) is 33.2. The molecule has 45 heavy (non-hydrogen) atoms. The van der Waals surface area contributed by atoms with Crippen LogP contribution in [0.15, 0.2) is 59.9 Å². The van der Waals surface area contributed by atoms with E-state index in [9.17, 15) is 27.5 Å². The Morgan fingerprint density at radius 3 is 2.44 bits per heavy atom. The highest BCUT2D eigenvalue weighted by Gasteiger charge is 2.47. The van der Waals surface area contributed by atoms with Crippen molar-refractivity contribution in [3.63, 3.8) is 0 Å². The number of benzene rings is 1. The Morgan fingerprint density at radius 1 is 1.04 bits per heavy atom. The molecule has 3 aliphatic carbocycles. The summed E-state index contributed by atoms with van der Waals surface area (Å²) in [5.74, 6) is -1.92. The van der Waals surface area contributed by atoms with Crippen molar-refractivity contribution in [3.05, 3.63) is 66.4 Å². The molecule has 1 amide bonds. The lowest BCUT2D eigenvalue weighted by Crippen LogP contribution is -2.51. The van der Waals surface area contributed by atoms with Crippen LogP contribution in [0.1, 0.15) is 38.2 Å².